The number of carbonyl (C=O) groups excluding carboxylic acids is 1. The van der Waals surface area contributed by atoms with E-state index in [-0.39, 0.29) is 11.9 Å². The largest absolute Gasteiger partial charge is 0.349 e. The van der Waals surface area contributed by atoms with Crippen LogP contribution in [0.25, 0.3) is 0 Å². The highest BCUT2D eigenvalue weighted by Crippen LogP contribution is 2.11. The minimum Gasteiger partial charge on any atom is -0.349 e. The van der Waals surface area contributed by atoms with Crippen LogP contribution in [0.5, 0.6) is 0 Å². The number of nitrogens with one attached hydrogen (secondary N) is 1. The smallest absolute Gasteiger partial charge is 0.261 e. The molecule has 0 saturated carbocycles. The van der Waals surface area contributed by atoms with Crippen LogP contribution in [-0.4, -0.2) is 11.9 Å². The summed E-state index contributed by atoms with van der Waals surface area (Å²) in [5.74, 6) is 0.812. The fourth-order valence-electron chi connectivity index (χ4n) is 1.61. The van der Waals surface area contributed by atoms with Crippen molar-refractivity contribution in [1.29, 1.82) is 0 Å². The van der Waals surface area contributed by atoms with Crippen LogP contribution in [-0.2, 0) is 0 Å². The summed E-state index contributed by atoms with van der Waals surface area (Å²) in [6, 6.07) is 4.04. The van der Waals surface area contributed by atoms with Gasteiger partial charge in [-0.25, -0.2) is 0 Å². The molecule has 1 rings (SSSR count). The van der Waals surface area contributed by atoms with Gasteiger partial charge >= 0.3 is 0 Å². The molecule has 1 aromatic rings. The molecular weight excluding hydrogens is 218 g/mol. The molecule has 90 valence electrons. The van der Waals surface area contributed by atoms with E-state index in [1.807, 2.05) is 17.5 Å². The van der Waals surface area contributed by atoms with Crippen LogP contribution in [0, 0.1) is 5.92 Å². The van der Waals surface area contributed by atoms with Crippen molar-refractivity contribution in [2.24, 2.45) is 5.92 Å². The fraction of sp³-hybridized carbons (Fsp3) is 0.615. The summed E-state index contributed by atoms with van der Waals surface area (Å²) in [6.45, 7) is 6.54. The average molecular weight is 239 g/mol. The molecule has 1 atom stereocenters. The summed E-state index contributed by atoms with van der Waals surface area (Å²) in [5.41, 5.74) is 0. The topological polar surface area (TPSA) is 29.1 Å². The van der Waals surface area contributed by atoms with Crippen LogP contribution in [0.2, 0.25) is 0 Å². The predicted molar refractivity (Wildman–Crippen MR) is 69.9 cm³/mol. The second kappa shape index (κ2) is 6.69. The molecule has 0 bridgehead atoms. The molecule has 0 spiro atoms. The van der Waals surface area contributed by atoms with Crippen LogP contribution >= 0.6 is 11.3 Å². The zero-order valence-electron chi connectivity index (χ0n) is 10.3. The van der Waals surface area contributed by atoms with Crippen molar-refractivity contribution in [3.8, 4) is 0 Å². The van der Waals surface area contributed by atoms with Crippen LogP contribution in [0.3, 0.4) is 0 Å². The van der Waals surface area contributed by atoms with Gasteiger partial charge < -0.3 is 5.32 Å². The third-order valence-electron chi connectivity index (χ3n) is 2.54. The van der Waals surface area contributed by atoms with Gasteiger partial charge in [0, 0.05) is 6.04 Å². The Bertz CT molecular complexity index is 306. The highest BCUT2D eigenvalue weighted by Gasteiger charge is 2.10. The zero-order valence-corrected chi connectivity index (χ0v) is 11.1. The lowest BCUT2D eigenvalue weighted by Crippen LogP contribution is -2.31. The summed E-state index contributed by atoms with van der Waals surface area (Å²) in [6.07, 6.45) is 3.48. The van der Waals surface area contributed by atoms with E-state index in [1.54, 1.807) is 0 Å². The van der Waals surface area contributed by atoms with Gasteiger partial charge in [-0.15, -0.1) is 11.3 Å². The summed E-state index contributed by atoms with van der Waals surface area (Å²) in [7, 11) is 0. The summed E-state index contributed by atoms with van der Waals surface area (Å²) < 4.78 is 0. The molecule has 0 aromatic carbocycles. The summed E-state index contributed by atoms with van der Waals surface area (Å²) >= 11 is 1.49. The van der Waals surface area contributed by atoms with Crippen molar-refractivity contribution >= 4 is 17.2 Å². The Morgan fingerprint density at radius 1 is 1.38 bits per heavy atom. The van der Waals surface area contributed by atoms with Crippen LogP contribution in [0.1, 0.15) is 49.7 Å². The van der Waals surface area contributed by atoms with Gasteiger partial charge in [-0.3, -0.25) is 4.79 Å². The molecule has 2 nitrogen and oxygen atoms in total. The summed E-state index contributed by atoms with van der Waals surface area (Å²) in [4.78, 5) is 12.5. The third kappa shape index (κ3) is 4.79. The van der Waals surface area contributed by atoms with E-state index < -0.39 is 0 Å². The van der Waals surface area contributed by atoms with Crippen molar-refractivity contribution in [1.82, 2.24) is 5.32 Å². The molecule has 1 N–H and O–H groups in total. The predicted octanol–water partition coefficient (Wildman–Crippen LogP) is 3.69. The molecule has 1 amide bonds. The van der Waals surface area contributed by atoms with Crippen molar-refractivity contribution in [2.75, 3.05) is 0 Å². The van der Waals surface area contributed by atoms with Crippen molar-refractivity contribution in [3.63, 3.8) is 0 Å². The number of hydrogen-bond donors (Lipinski definition) is 1. The van der Waals surface area contributed by atoms with Gasteiger partial charge in [-0.05, 0) is 30.7 Å². The van der Waals surface area contributed by atoms with E-state index in [9.17, 15) is 4.79 Å². The lowest BCUT2D eigenvalue weighted by molar-refractivity contribution is 0.0942. The van der Waals surface area contributed by atoms with E-state index in [0.29, 0.717) is 0 Å². The molecule has 16 heavy (non-hydrogen) atoms. The van der Waals surface area contributed by atoms with Crippen LogP contribution in [0.4, 0.5) is 0 Å². The van der Waals surface area contributed by atoms with Crippen molar-refractivity contribution in [2.45, 2.75) is 46.1 Å². The van der Waals surface area contributed by atoms with Gasteiger partial charge in [-0.1, -0.05) is 32.8 Å². The highest BCUT2D eigenvalue weighted by atomic mass is 32.1. The molecule has 0 fully saturated rings. The number of carbonyl (C=O) groups is 1. The molecule has 0 aliphatic heterocycles. The van der Waals surface area contributed by atoms with Gasteiger partial charge in [-0.2, -0.15) is 0 Å². The number of thiophene rings is 1. The number of amides is 1. The first kappa shape index (κ1) is 13.2. The first-order chi connectivity index (χ1) is 7.59. The maximum absolute atomic E-state index is 11.7. The SMILES string of the molecule is CC(C)CCC[C@@H](C)NC(=O)c1cccs1. The van der Waals surface area contributed by atoms with Crippen molar-refractivity contribution < 1.29 is 4.79 Å². The van der Waals surface area contributed by atoms with E-state index in [1.165, 1.54) is 24.2 Å². The standard InChI is InChI=1S/C13H21NOS/c1-10(2)6-4-7-11(3)14-13(15)12-8-5-9-16-12/h5,8-11H,4,6-7H2,1-3H3,(H,14,15)/t11-/m1/s1. The van der Waals surface area contributed by atoms with Gasteiger partial charge in [0.2, 0.25) is 0 Å². The van der Waals surface area contributed by atoms with Crippen molar-refractivity contribution in [3.05, 3.63) is 22.4 Å². The van der Waals surface area contributed by atoms with Gasteiger partial charge in [0.1, 0.15) is 0 Å². The molecule has 0 radical (unpaired) electrons. The normalized spacial score (nSPS) is 12.8. The minimum atomic E-state index is 0.0621. The van der Waals surface area contributed by atoms with E-state index in [0.717, 1.165) is 17.2 Å². The Hall–Kier alpha value is -0.830. The number of rotatable bonds is 6. The van der Waals surface area contributed by atoms with Gasteiger partial charge in [0.05, 0.1) is 4.88 Å². The molecule has 0 unspecified atom stereocenters. The first-order valence-electron chi connectivity index (χ1n) is 5.94. The Morgan fingerprint density at radius 3 is 2.69 bits per heavy atom. The molecule has 3 heteroatoms. The van der Waals surface area contributed by atoms with Crippen LogP contribution < -0.4 is 5.32 Å². The molecule has 0 aliphatic carbocycles. The minimum absolute atomic E-state index is 0.0621. The fourth-order valence-corrected chi connectivity index (χ4v) is 2.23. The quantitative estimate of drug-likeness (QED) is 0.806. The molecule has 0 aliphatic rings. The van der Waals surface area contributed by atoms with E-state index in [4.69, 9.17) is 0 Å². The van der Waals surface area contributed by atoms with Gasteiger partial charge in [0.25, 0.3) is 5.91 Å². The molecule has 1 heterocycles. The first-order valence-corrected chi connectivity index (χ1v) is 6.82. The van der Waals surface area contributed by atoms with E-state index >= 15 is 0 Å². The average Bonchev–Trinajstić information content (AvgIpc) is 2.69. The Labute approximate surface area is 102 Å². The number of hydrogen-bond acceptors (Lipinski definition) is 2. The monoisotopic (exact) mass is 239 g/mol. The second-order valence-corrected chi connectivity index (χ2v) is 5.62. The zero-order chi connectivity index (χ0) is 12.0. The molecule has 0 saturated heterocycles. The third-order valence-corrected chi connectivity index (χ3v) is 3.41. The maximum Gasteiger partial charge on any atom is 0.261 e. The summed E-state index contributed by atoms with van der Waals surface area (Å²) in [5, 5.41) is 4.96. The second-order valence-electron chi connectivity index (χ2n) is 4.68. The maximum atomic E-state index is 11.7. The lowest BCUT2D eigenvalue weighted by Gasteiger charge is -2.13. The Kier molecular flexibility index (Phi) is 5.53. The Balaban J connectivity index is 2.24. The van der Waals surface area contributed by atoms with E-state index in [2.05, 4.69) is 26.1 Å². The van der Waals surface area contributed by atoms with Crippen LogP contribution in [0.15, 0.2) is 17.5 Å². The Morgan fingerprint density at radius 2 is 2.12 bits per heavy atom. The lowest BCUT2D eigenvalue weighted by atomic mass is 10.0. The molecular formula is C13H21NOS. The van der Waals surface area contributed by atoms with Gasteiger partial charge in [0.15, 0.2) is 0 Å². The molecule has 1 aromatic heterocycles. The highest BCUT2D eigenvalue weighted by molar-refractivity contribution is 7.12.